The van der Waals surface area contributed by atoms with Crippen LogP contribution in [-0.2, 0) is 0 Å². The predicted molar refractivity (Wildman–Crippen MR) is 59.1 cm³/mol. The first-order valence-electron chi connectivity index (χ1n) is 5.25. The van der Waals surface area contributed by atoms with Crippen LogP contribution in [0, 0.1) is 0 Å². The maximum Gasteiger partial charge on any atom is 0.160 e. The summed E-state index contributed by atoms with van der Waals surface area (Å²) in [7, 11) is 0. The number of aliphatic hydroxyl groups excluding tert-OH is 1. The molecule has 1 aromatic carbocycles. The van der Waals surface area contributed by atoms with Gasteiger partial charge in [0.1, 0.15) is 0 Å². The molecule has 2 unspecified atom stereocenters. The van der Waals surface area contributed by atoms with Crippen molar-refractivity contribution in [1.29, 1.82) is 0 Å². The van der Waals surface area contributed by atoms with Crippen molar-refractivity contribution >= 4 is 0 Å². The predicted octanol–water partition coefficient (Wildman–Crippen LogP) is 2.36. The molecule has 3 heteroatoms. The third-order valence-corrected chi connectivity index (χ3v) is 2.60. The summed E-state index contributed by atoms with van der Waals surface area (Å²) in [5.41, 5.74) is 0.707. The zero-order chi connectivity index (χ0) is 11.4. The maximum absolute atomic E-state index is 9.68. The molecule has 0 spiro atoms. The van der Waals surface area contributed by atoms with Gasteiger partial charge >= 0.3 is 0 Å². The molecule has 0 saturated carbocycles. The van der Waals surface area contributed by atoms with Gasteiger partial charge in [-0.15, -0.1) is 0 Å². The van der Waals surface area contributed by atoms with Crippen LogP contribution in [0.5, 0.6) is 11.5 Å². The minimum Gasteiger partial charge on any atom is -0.504 e. The van der Waals surface area contributed by atoms with E-state index < -0.39 is 6.10 Å². The monoisotopic (exact) mass is 210 g/mol. The summed E-state index contributed by atoms with van der Waals surface area (Å²) in [4.78, 5) is 0. The van der Waals surface area contributed by atoms with Gasteiger partial charge in [0.05, 0.1) is 6.10 Å². The van der Waals surface area contributed by atoms with E-state index in [0.29, 0.717) is 12.0 Å². The minimum absolute atomic E-state index is 0.0648. The van der Waals surface area contributed by atoms with Crippen molar-refractivity contribution in [2.45, 2.75) is 38.7 Å². The lowest BCUT2D eigenvalue weighted by molar-refractivity contribution is 0.172. The SMILES string of the molecule is CCC(CC(C)O)c1cccc(O)c1O. The number of rotatable bonds is 4. The van der Waals surface area contributed by atoms with Crippen LogP contribution in [0.3, 0.4) is 0 Å². The Kier molecular flexibility index (Phi) is 3.97. The lowest BCUT2D eigenvalue weighted by atomic mass is 9.90. The summed E-state index contributed by atoms with van der Waals surface area (Å²) in [5, 5.41) is 28.4. The molecule has 1 rings (SSSR count). The second kappa shape index (κ2) is 5.03. The molecule has 2 atom stereocenters. The fourth-order valence-corrected chi connectivity index (χ4v) is 1.80. The van der Waals surface area contributed by atoms with Gasteiger partial charge < -0.3 is 15.3 Å². The molecule has 0 aromatic heterocycles. The normalized spacial score (nSPS) is 14.9. The smallest absolute Gasteiger partial charge is 0.160 e. The van der Waals surface area contributed by atoms with E-state index in [1.807, 2.05) is 6.92 Å². The average molecular weight is 210 g/mol. The molecule has 0 saturated heterocycles. The van der Waals surface area contributed by atoms with Gasteiger partial charge in [-0.25, -0.2) is 0 Å². The summed E-state index contributed by atoms with van der Waals surface area (Å²) in [5.74, 6) is -0.0846. The highest BCUT2D eigenvalue weighted by molar-refractivity contribution is 5.46. The summed E-state index contributed by atoms with van der Waals surface area (Å²) < 4.78 is 0. The van der Waals surface area contributed by atoms with E-state index in [1.165, 1.54) is 6.07 Å². The lowest BCUT2D eigenvalue weighted by Gasteiger charge is -2.18. The van der Waals surface area contributed by atoms with E-state index in [4.69, 9.17) is 0 Å². The zero-order valence-electron chi connectivity index (χ0n) is 9.14. The Morgan fingerprint density at radius 3 is 2.47 bits per heavy atom. The van der Waals surface area contributed by atoms with Crippen LogP contribution in [-0.4, -0.2) is 21.4 Å². The van der Waals surface area contributed by atoms with E-state index >= 15 is 0 Å². The number of phenolic OH excluding ortho intramolecular Hbond substituents is 2. The van der Waals surface area contributed by atoms with Crippen molar-refractivity contribution in [2.24, 2.45) is 0 Å². The van der Waals surface area contributed by atoms with Crippen LogP contribution in [0.2, 0.25) is 0 Å². The van der Waals surface area contributed by atoms with Gasteiger partial charge in [0.25, 0.3) is 0 Å². The fourth-order valence-electron chi connectivity index (χ4n) is 1.80. The van der Waals surface area contributed by atoms with Crippen molar-refractivity contribution in [2.75, 3.05) is 0 Å². The molecule has 0 radical (unpaired) electrons. The van der Waals surface area contributed by atoms with Crippen LogP contribution < -0.4 is 0 Å². The molecule has 3 N–H and O–H groups in total. The van der Waals surface area contributed by atoms with Crippen LogP contribution in [0.1, 0.15) is 38.2 Å². The van der Waals surface area contributed by atoms with E-state index in [2.05, 4.69) is 0 Å². The molecule has 0 aliphatic heterocycles. The topological polar surface area (TPSA) is 60.7 Å². The molecular weight excluding hydrogens is 192 g/mol. The van der Waals surface area contributed by atoms with Gasteiger partial charge in [-0.2, -0.15) is 0 Å². The first-order valence-corrected chi connectivity index (χ1v) is 5.25. The maximum atomic E-state index is 9.68. The highest BCUT2D eigenvalue weighted by Crippen LogP contribution is 2.36. The Morgan fingerprint density at radius 2 is 1.93 bits per heavy atom. The molecule has 0 heterocycles. The Hall–Kier alpha value is -1.22. The Balaban J connectivity index is 2.96. The highest BCUT2D eigenvalue weighted by atomic mass is 16.3. The zero-order valence-corrected chi connectivity index (χ0v) is 9.14. The van der Waals surface area contributed by atoms with Crippen LogP contribution in [0.4, 0.5) is 0 Å². The van der Waals surface area contributed by atoms with Crippen LogP contribution >= 0.6 is 0 Å². The second-order valence-corrected chi connectivity index (χ2v) is 3.90. The Labute approximate surface area is 90.0 Å². The van der Waals surface area contributed by atoms with Crippen LogP contribution in [0.15, 0.2) is 18.2 Å². The third-order valence-electron chi connectivity index (χ3n) is 2.60. The summed E-state index contributed by atoms with van der Waals surface area (Å²) >= 11 is 0. The van der Waals surface area contributed by atoms with Gasteiger partial charge in [-0.3, -0.25) is 0 Å². The molecule has 0 bridgehead atoms. The Bertz CT molecular complexity index is 321. The molecule has 0 aliphatic rings. The molecule has 0 fully saturated rings. The number of phenols is 2. The average Bonchev–Trinajstić information content (AvgIpc) is 2.19. The quantitative estimate of drug-likeness (QED) is 0.668. The minimum atomic E-state index is -0.406. The molecular formula is C12H18O3. The second-order valence-electron chi connectivity index (χ2n) is 3.90. The number of aliphatic hydroxyl groups is 1. The number of aromatic hydroxyl groups is 2. The van der Waals surface area contributed by atoms with Gasteiger partial charge in [-0.1, -0.05) is 19.1 Å². The van der Waals surface area contributed by atoms with Gasteiger partial charge in [0.15, 0.2) is 11.5 Å². The number of benzene rings is 1. The number of hydrogen-bond donors (Lipinski definition) is 3. The largest absolute Gasteiger partial charge is 0.504 e. The molecule has 84 valence electrons. The summed E-state index contributed by atoms with van der Waals surface area (Å²) in [6.07, 6.45) is 1.01. The molecule has 0 aliphatic carbocycles. The van der Waals surface area contributed by atoms with Gasteiger partial charge in [-0.05, 0) is 31.7 Å². The van der Waals surface area contributed by atoms with E-state index in [9.17, 15) is 15.3 Å². The molecule has 3 nitrogen and oxygen atoms in total. The Morgan fingerprint density at radius 1 is 1.27 bits per heavy atom. The third kappa shape index (κ3) is 2.86. The fraction of sp³-hybridized carbons (Fsp3) is 0.500. The molecule has 15 heavy (non-hydrogen) atoms. The first-order chi connectivity index (χ1) is 7.06. The first kappa shape index (κ1) is 11.9. The van der Waals surface area contributed by atoms with Crippen molar-refractivity contribution < 1.29 is 15.3 Å². The van der Waals surface area contributed by atoms with Crippen molar-refractivity contribution in [3.63, 3.8) is 0 Å². The van der Waals surface area contributed by atoms with Gasteiger partial charge in [0, 0.05) is 5.56 Å². The van der Waals surface area contributed by atoms with Crippen molar-refractivity contribution in [1.82, 2.24) is 0 Å². The van der Waals surface area contributed by atoms with Gasteiger partial charge in [0.2, 0.25) is 0 Å². The van der Waals surface area contributed by atoms with Crippen LogP contribution in [0.25, 0.3) is 0 Å². The van der Waals surface area contributed by atoms with Crippen molar-refractivity contribution in [3.05, 3.63) is 23.8 Å². The van der Waals surface area contributed by atoms with E-state index in [-0.39, 0.29) is 17.4 Å². The summed E-state index contributed by atoms with van der Waals surface area (Å²) in [6.45, 7) is 3.72. The van der Waals surface area contributed by atoms with E-state index in [0.717, 1.165) is 6.42 Å². The molecule has 1 aromatic rings. The number of para-hydroxylation sites is 1. The highest BCUT2D eigenvalue weighted by Gasteiger charge is 2.17. The van der Waals surface area contributed by atoms with E-state index in [1.54, 1.807) is 19.1 Å². The summed E-state index contributed by atoms with van der Waals surface area (Å²) in [6, 6.07) is 4.94. The number of hydrogen-bond acceptors (Lipinski definition) is 3. The standard InChI is InChI=1S/C12H18O3/c1-3-9(7-8(2)13)10-5-4-6-11(14)12(10)15/h4-6,8-9,13-15H,3,7H2,1-2H3. The van der Waals surface area contributed by atoms with Crippen molar-refractivity contribution in [3.8, 4) is 11.5 Å². The molecule has 0 amide bonds. The lowest BCUT2D eigenvalue weighted by Crippen LogP contribution is -2.08.